The summed E-state index contributed by atoms with van der Waals surface area (Å²) in [5.74, 6) is -0.0416. The molecule has 94 valence electrons. The molecule has 0 aromatic carbocycles. The van der Waals surface area contributed by atoms with Gasteiger partial charge in [0.25, 0.3) is 5.56 Å². The molecule has 1 rings (SSSR count). The van der Waals surface area contributed by atoms with Crippen LogP contribution in [0.3, 0.4) is 0 Å². The van der Waals surface area contributed by atoms with Crippen LogP contribution in [0, 0.1) is 0 Å². The topological polar surface area (TPSA) is 67.2 Å². The molecule has 0 bridgehead atoms. The van der Waals surface area contributed by atoms with Crippen LogP contribution in [0.5, 0.6) is 0 Å². The van der Waals surface area contributed by atoms with E-state index < -0.39 is 0 Å². The molecule has 0 unspecified atom stereocenters. The van der Waals surface area contributed by atoms with Crippen LogP contribution in [0.2, 0.25) is 0 Å². The number of nitrogens with one attached hydrogen (secondary N) is 1. The minimum atomic E-state index is -0.244. The van der Waals surface area contributed by atoms with Gasteiger partial charge in [-0.1, -0.05) is 0 Å². The fraction of sp³-hybridized carbons (Fsp3) is 0.500. The number of amides is 1. The molecular weight excluding hydrogens is 288 g/mol. The van der Waals surface area contributed by atoms with Crippen LogP contribution in [0.4, 0.5) is 5.69 Å². The lowest BCUT2D eigenvalue weighted by atomic mass is 10.4. The number of carbonyl (C=O) groups is 1. The Bertz CT molecular complexity index is 472. The Labute approximate surface area is 108 Å². The maximum atomic E-state index is 11.6. The number of nitrogens with zero attached hydrogens (tertiary/aromatic N) is 3. The summed E-state index contributed by atoms with van der Waals surface area (Å²) < 4.78 is 1.59. The van der Waals surface area contributed by atoms with E-state index in [0.29, 0.717) is 16.7 Å². The average Bonchev–Trinajstić information content (AvgIpc) is 2.33. The number of hydrogen-bond acceptors (Lipinski definition) is 4. The molecule has 0 aliphatic rings. The van der Waals surface area contributed by atoms with E-state index in [2.05, 4.69) is 26.3 Å². The van der Waals surface area contributed by atoms with Crippen molar-refractivity contribution < 1.29 is 4.79 Å². The van der Waals surface area contributed by atoms with Crippen LogP contribution >= 0.6 is 15.9 Å². The van der Waals surface area contributed by atoms with E-state index in [0.717, 1.165) is 0 Å². The van der Waals surface area contributed by atoms with Crippen LogP contribution in [0.25, 0.3) is 0 Å². The van der Waals surface area contributed by atoms with Crippen molar-refractivity contribution in [2.45, 2.75) is 6.92 Å². The van der Waals surface area contributed by atoms with Gasteiger partial charge in [-0.05, 0) is 22.9 Å². The Morgan fingerprint density at radius 2 is 2.29 bits per heavy atom. The van der Waals surface area contributed by atoms with Gasteiger partial charge in [-0.25, -0.2) is 4.68 Å². The van der Waals surface area contributed by atoms with Crippen molar-refractivity contribution in [2.75, 3.05) is 25.5 Å². The quantitative estimate of drug-likeness (QED) is 0.876. The fourth-order valence-electron chi connectivity index (χ4n) is 1.12. The van der Waals surface area contributed by atoms with Crippen LogP contribution in [0.15, 0.2) is 15.5 Å². The summed E-state index contributed by atoms with van der Waals surface area (Å²) in [6.07, 6.45) is 1.50. The van der Waals surface area contributed by atoms with E-state index in [9.17, 15) is 9.59 Å². The highest BCUT2D eigenvalue weighted by molar-refractivity contribution is 9.10. The third kappa shape index (κ3) is 3.29. The van der Waals surface area contributed by atoms with Crippen LogP contribution < -0.4 is 10.9 Å². The van der Waals surface area contributed by atoms with Gasteiger partial charge in [-0.3, -0.25) is 9.59 Å². The van der Waals surface area contributed by atoms with Crippen molar-refractivity contribution in [3.8, 4) is 0 Å². The molecular formula is C10H15BrN4O2. The third-order valence-corrected chi connectivity index (χ3v) is 3.17. The molecule has 1 aromatic rings. The summed E-state index contributed by atoms with van der Waals surface area (Å²) in [5, 5.41) is 6.75. The number of carbonyl (C=O) groups excluding carboxylic acids is 1. The monoisotopic (exact) mass is 302 g/mol. The summed E-state index contributed by atoms with van der Waals surface area (Å²) in [6.45, 7) is 2.68. The lowest BCUT2D eigenvalue weighted by Crippen LogP contribution is -2.32. The van der Waals surface area contributed by atoms with Gasteiger partial charge in [-0.15, -0.1) is 0 Å². The van der Waals surface area contributed by atoms with Crippen molar-refractivity contribution in [1.82, 2.24) is 14.7 Å². The molecule has 1 N–H and O–H groups in total. The number of likely N-dealkylation sites (N-methyl/N-ethyl adjacent to an activating group) is 1. The molecule has 17 heavy (non-hydrogen) atoms. The number of rotatable bonds is 4. The minimum Gasteiger partial charge on any atom is -0.374 e. The molecule has 0 saturated carbocycles. The molecule has 0 atom stereocenters. The van der Waals surface area contributed by atoms with Gasteiger partial charge >= 0.3 is 0 Å². The van der Waals surface area contributed by atoms with Crippen molar-refractivity contribution in [3.63, 3.8) is 0 Å². The first kappa shape index (κ1) is 13.7. The smallest absolute Gasteiger partial charge is 0.282 e. The van der Waals surface area contributed by atoms with Crippen molar-refractivity contribution >= 4 is 27.5 Å². The largest absolute Gasteiger partial charge is 0.374 e. The lowest BCUT2D eigenvalue weighted by Gasteiger charge is -2.15. The molecule has 0 radical (unpaired) electrons. The van der Waals surface area contributed by atoms with Gasteiger partial charge in [0, 0.05) is 20.6 Å². The molecule has 0 fully saturated rings. The van der Waals surface area contributed by atoms with Gasteiger partial charge in [0.15, 0.2) is 0 Å². The molecule has 1 amide bonds. The minimum absolute atomic E-state index is 0.0416. The molecule has 7 heteroatoms. The SMILES string of the molecule is CCN(C)C(=O)CNc1cnn(C)c(=O)c1Br. The first-order chi connectivity index (χ1) is 7.97. The molecule has 0 aliphatic heterocycles. The van der Waals surface area contributed by atoms with Gasteiger partial charge in [0.1, 0.15) is 4.47 Å². The van der Waals surface area contributed by atoms with Crippen molar-refractivity contribution in [1.29, 1.82) is 0 Å². The highest BCUT2D eigenvalue weighted by Crippen LogP contribution is 2.15. The third-order valence-electron chi connectivity index (χ3n) is 2.41. The molecule has 0 spiro atoms. The fourth-order valence-corrected chi connectivity index (χ4v) is 1.62. The predicted molar refractivity (Wildman–Crippen MR) is 69.0 cm³/mol. The first-order valence-electron chi connectivity index (χ1n) is 5.17. The van der Waals surface area contributed by atoms with Crippen LogP contribution in [-0.4, -0.2) is 40.7 Å². The Hall–Kier alpha value is -1.37. The highest BCUT2D eigenvalue weighted by atomic mass is 79.9. The zero-order valence-electron chi connectivity index (χ0n) is 10.0. The van der Waals surface area contributed by atoms with Gasteiger partial charge < -0.3 is 10.2 Å². The van der Waals surface area contributed by atoms with E-state index in [4.69, 9.17) is 0 Å². The molecule has 6 nitrogen and oxygen atoms in total. The Morgan fingerprint density at radius 3 is 2.88 bits per heavy atom. The second-order valence-corrected chi connectivity index (χ2v) is 4.36. The van der Waals surface area contributed by atoms with Crippen molar-refractivity contribution in [3.05, 3.63) is 21.0 Å². The maximum Gasteiger partial charge on any atom is 0.282 e. The zero-order valence-corrected chi connectivity index (χ0v) is 11.6. The summed E-state index contributed by atoms with van der Waals surface area (Å²) in [4.78, 5) is 24.7. The van der Waals surface area contributed by atoms with E-state index in [-0.39, 0.29) is 18.0 Å². The number of halogens is 1. The molecule has 0 saturated heterocycles. The number of hydrogen-bond donors (Lipinski definition) is 1. The zero-order chi connectivity index (χ0) is 13.0. The summed E-state index contributed by atoms with van der Waals surface area (Å²) in [7, 11) is 3.29. The summed E-state index contributed by atoms with van der Waals surface area (Å²) >= 11 is 3.17. The van der Waals surface area contributed by atoms with Gasteiger partial charge in [-0.2, -0.15) is 5.10 Å². The first-order valence-corrected chi connectivity index (χ1v) is 5.96. The van der Waals surface area contributed by atoms with Gasteiger partial charge in [0.05, 0.1) is 18.4 Å². The Morgan fingerprint density at radius 1 is 1.65 bits per heavy atom. The van der Waals surface area contributed by atoms with E-state index in [1.54, 1.807) is 19.0 Å². The summed E-state index contributed by atoms with van der Waals surface area (Å²) in [5.41, 5.74) is 0.275. The maximum absolute atomic E-state index is 11.6. The second-order valence-electron chi connectivity index (χ2n) is 3.56. The van der Waals surface area contributed by atoms with Crippen molar-refractivity contribution in [2.24, 2.45) is 7.05 Å². The molecule has 1 heterocycles. The standard InChI is InChI=1S/C10H15BrN4O2/c1-4-14(2)8(16)6-12-7-5-13-15(3)10(17)9(7)11/h5,12H,4,6H2,1-3H3. The second kappa shape index (κ2) is 5.81. The van der Waals surface area contributed by atoms with E-state index in [1.807, 2.05) is 6.92 Å². The molecule has 0 aliphatic carbocycles. The average molecular weight is 303 g/mol. The van der Waals surface area contributed by atoms with E-state index >= 15 is 0 Å². The normalized spacial score (nSPS) is 10.1. The number of anilines is 1. The summed E-state index contributed by atoms with van der Waals surface area (Å²) in [6, 6.07) is 0. The van der Waals surface area contributed by atoms with Crippen LogP contribution in [0.1, 0.15) is 6.92 Å². The van der Waals surface area contributed by atoms with Crippen LogP contribution in [-0.2, 0) is 11.8 Å². The van der Waals surface area contributed by atoms with E-state index in [1.165, 1.54) is 10.9 Å². The number of aryl methyl sites for hydroxylation is 1. The number of aromatic nitrogens is 2. The Balaban J connectivity index is 2.74. The van der Waals surface area contributed by atoms with Gasteiger partial charge in [0.2, 0.25) is 5.91 Å². The highest BCUT2D eigenvalue weighted by Gasteiger charge is 2.10. The predicted octanol–water partition coefficient (Wildman–Crippen LogP) is 0.433. The Kier molecular flexibility index (Phi) is 4.68. The molecule has 1 aromatic heterocycles. The lowest BCUT2D eigenvalue weighted by molar-refractivity contribution is -0.127.